The molecule has 21 heavy (non-hydrogen) atoms. The number of amides is 1. The summed E-state index contributed by atoms with van der Waals surface area (Å²) in [6.45, 7) is 5.46. The van der Waals surface area contributed by atoms with Gasteiger partial charge in [0.05, 0.1) is 7.57 Å². The summed E-state index contributed by atoms with van der Waals surface area (Å²) in [6, 6.07) is 1.51. The minimum atomic E-state index is -3.61. The van der Waals surface area contributed by atoms with E-state index in [1.54, 1.807) is 20.8 Å². The Morgan fingerprint density at radius 2 is 1.95 bits per heavy atom. The summed E-state index contributed by atoms with van der Waals surface area (Å²) in [5.41, 5.74) is -0.586. The number of hydrogen-bond donors (Lipinski definition) is 2. The van der Waals surface area contributed by atoms with Gasteiger partial charge in [0.15, 0.2) is 0 Å². The normalized spacial score (nSPS) is 12.2. The topological polar surface area (TPSA) is 84.5 Å². The maximum Gasteiger partial charge on any atom is 0.407 e. The Hall–Kier alpha value is -0.160. The van der Waals surface area contributed by atoms with E-state index in [2.05, 4.69) is 41.9 Å². The van der Waals surface area contributed by atoms with Crippen molar-refractivity contribution in [2.45, 2.75) is 31.3 Å². The summed E-state index contributed by atoms with van der Waals surface area (Å²) in [6.07, 6.45) is -0.582. The first kappa shape index (κ1) is 18.9. The molecule has 1 heterocycles. The number of hydrogen-bond acceptors (Lipinski definition) is 5. The van der Waals surface area contributed by atoms with E-state index < -0.39 is 21.7 Å². The molecule has 1 rings (SSSR count). The Labute approximate surface area is 144 Å². The molecule has 0 spiro atoms. The number of ether oxygens (including phenoxy) is 1. The van der Waals surface area contributed by atoms with Crippen LogP contribution in [-0.4, -0.2) is 33.2 Å². The minimum Gasteiger partial charge on any atom is -0.444 e. The highest BCUT2D eigenvalue weighted by Crippen LogP contribution is 2.34. The molecular weight excluding hydrogens is 448 g/mol. The molecule has 10 heteroatoms. The molecule has 6 nitrogen and oxygen atoms in total. The molecule has 0 saturated heterocycles. The third kappa shape index (κ3) is 6.64. The second-order valence-corrected chi connectivity index (χ2v) is 10.5. The van der Waals surface area contributed by atoms with E-state index in [1.807, 2.05) is 0 Å². The molecule has 1 aromatic heterocycles. The number of halogens is 2. The van der Waals surface area contributed by atoms with Crippen LogP contribution in [0.5, 0.6) is 0 Å². The first-order valence-electron chi connectivity index (χ1n) is 5.92. The molecule has 0 bridgehead atoms. The Balaban J connectivity index is 2.45. The maximum atomic E-state index is 12.0. The van der Waals surface area contributed by atoms with Gasteiger partial charge in [-0.05, 0) is 58.7 Å². The van der Waals surface area contributed by atoms with Gasteiger partial charge in [-0.25, -0.2) is 17.9 Å². The van der Waals surface area contributed by atoms with Gasteiger partial charge in [0.2, 0.25) is 10.0 Å². The van der Waals surface area contributed by atoms with Gasteiger partial charge >= 0.3 is 6.09 Å². The molecule has 0 unspecified atom stereocenters. The van der Waals surface area contributed by atoms with Gasteiger partial charge < -0.3 is 10.1 Å². The molecule has 2 N–H and O–H groups in total. The van der Waals surface area contributed by atoms with E-state index in [0.717, 1.165) is 0 Å². The van der Waals surface area contributed by atoms with Crippen LogP contribution in [0.2, 0.25) is 0 Å². The predicted octanol–water partition coefficient (Wildman–Crippen LogP) is 3.08. The molecule has 0 aliphatic carbocycles. The van der Waals surface area contributed by atoms with Gasteiger partial charge in [0.25, 0.3) is 0 Å². The Bertz CT molecular complexity index is 608. The number of rotatable bonds is 5. The van der Waals surface area contributed by atoms with Gasteiger partial charge in [0.1, 0.15) is 10.5 Å². The van der Waals surface area contributed by atoms with E-state index in [1.165, 1.54) is 17.4 Å². The standard InChI is InChI=1S/C11H16Br2N2O4S2/c1-11(2,3)19-10(16)14-4-5-15-21(17,18)7-6-8(12)20-9(7)13/h6,15H,4-5H2,1-3H3,(H,14,16). The smallest absolute Gasteiger partial charge is 0.407 e. The molecule has 0 atom stereocenters. The SMILES string of the molecule is CC(C)(C)OC(=O)NCCNS(=O)(=O)c1cc(Br)sc1Br. The van der Waals surface area contributed by atoms with Gasteiger partial charge in [-0.2, -0.15) is 0 Å². The van der Waals surface area contributed by atoms with Crippen molar-refractivity contribution < 1.29 is 17.9 Å². The zero-order chi connectivity index (χ0) is 16.3. The highest BCUT2D eigenvalue weighted by molar-refractivity contribution is 9.12. The van der Waals surface area contributed by atoms with Crippen LogP contribution in [0, 0.1) is 0 Å². The monoisotopic (exact) mass is 462 g/mol. The summed E-state index contributed by atoms with van der Waals surface area (Å²) in [7, 11) is -3.61. The number of carbonyl (C=O) groups is 1. The molecule has 1 amide bonds. The largest absolute Gasteiger partial charge is 0.444 e. The zero-order valence-electron chi connectivity index (χ0n) is 11.7. The van der Waals surface area contributed by atoms with Crippen molar-refractivity contribution in [3.05, 3.63) is 13.6 Å². The highest BCUT2D eigenvalue weighted by Gasteiger charge is 2.20. The predicted molar refractivity (Wildman–Crippen MR) is 89.1 cm³/mol. The van der Waals surface area contributed by atoms with Crippen LogP contribution in [0.3, 0.4) is 0 Å². The van der Waals surface area contributed by atoms with Crippen molar-refractivity contribution >= 4 is 59.3 Å². The van der Waals surface area contributed by atoms with Crippen molar-refractivity contribution in [1.29, 1.82) is 0 Å². The second kappa shape index (κ2) is 7.40. The fraction of sp³-hybridized carbons (Fsp3) is 0.545. The minimum absolute atomic E-state index is 0.0709. The average Bonchev–Trinajstić information content (AvgIpc) is 2.62. The van der Waals surface area contributed by atoms with Crippen LogP contribution < -0.4 is 10.0 Å². The molecule has 0 aliphatic heterocycles. The lowest BCUT2D eigenvalue weighted by atomic mass is 10.2. The Kier molecular flexibility index (Phi) is 6.66. The Morgan fingerprint density at radius 1 is 1.33 bits per heavy atom. The molecule has 0 radical (unpaired) electrons. The van der Waals surface area contributed by atoms with Gasteiger partial charge in [-0.1, -0.05) is 0 Å². The molecule has 1 aromatic rings. The van der Waals surface area contributed by atoms with Crippen molar-refractivity contribution in [2.75, 3.05) is 13.1 Å². The summed E-state index contributed by atoms with van der Waals surface area (Å²) >= 11 is 7.70. The lowest BCUT2D eigenvalue weighted by Crippen LogP contribution is -2.37. The van der Waals surface area contributed by atoms with Crippen LogP contribution in [0.25, 0.3) is 0 Å². The molecule has 0 fully saturated rings. The number of carbonyl (C=O) groups excluding carboxylic acids is 1. The zero-order valence-corrected chi connectivity index (χ0v) is 16.5. The number of nitrogens with one attached hydrogen (secondary N) is 2. The first-order chi connectivity index (χ1) is 9.51. The molecule has 120 valence electrons. The fourth-order valence-electron chi connectivity index (χ4n) is 1.25. The van der Waals surface area contributed by atoms with E-state index in [9.17, 15) is 13.2 Å². The molecule has 0 aliphatic rings. The summed E-state index contributed by atoms with van der Waals surface area (Å²) in [5.74, 6) is 0. The number of thiophene rings is 1. The molecule has 0 saturated carbocycles. The van der Waals surface area contributed by atoms with Crippen LogP contribution in [0.4, 0.5) is 4.79 Å². The lowest BCUT2D eigenvalue weighted by Gasteiger charge is -2.19. The first-order valence-corrected chi connectivity index (χ1v) is 9.81. The maximum absolute atomic E-state index is 12.0. The second-order valence-electron chi connectivity index (χ2n) is 5.01. The highest BCUT2D eigenvalue weighted by atomic mass is 79.9. The van der Waals surface area contributed by atoms with Gasteiger partial charge in [-0.3, -0.25) is 0 Å². The van der Waals surface area contributed by atoms with Crippen LogP contribution in [0.1, 0.15) is 20.8 Å². The van der Waals surface area contributed by atoms with Crippen molar-refractivity contribution in [2.24, 2.45) is 0 Å². The third-order valence-corrected chi connectivity index (χ3v) is 6.22. The summed E-state index contributed by atoms with van der Waals surface area (Å²) in [5, 5.41) is 2.48. The quantitative estimate of drug-likeness (QED) is 0.657. The summed E-state index contributed by atoms with van der Waals surface area (Å²) < 4.78 is 32.7. The van der Waals surface area contributed by atoms with Crippen LogP contribution in [0.15, 0.2) is 18.5 Å². The van der Waals surface area contributed by atoms with Crippen molar-refractivity contribution in [3.8, 4) is 0 Å². The van der Waals surface area contributed by atoms with Crippen LogP contribution in [-0.2, 0) is 14.8 Å². The van der Waals surface area contributed by atoms with E-state index in [-0.39, 0.29) is 18.0 Å². The van der Waals surface area contributed by atoms with Crippen LogP contribution >= 0.6 is 43.2 Å². The van der Waals surface area contributed by atoms with Gasteiger partial charge in [-0.15, -0.1) is 11.3 Å². The fourth-order valence-corrected chi connectivity index (χ4v) is 6.09. The Morgan fingerprint density at radius 3 is 2.43 bits per heavy atom. The number of sulfonamides is 1. The van der Waals surface area contributed by atoms with E-state index >= 15 is 0 Å². The average molecular weight is 464 g/mol. The van der Waals surface area contributed by atoms with Crippen molar-refractivity contribution in [1.82, 2.24) is 10.0 Å². The third-order valence-electron chi connectivity index (χ3n) is 2.00. The van der Waals surface area contributed by atoms with E-state index in [4.69, 9.17) is 4.74 Å². The molecule has 0 aromatic carbocycles. The molecular formula is C11H16Br2N2O4S2. The van der Waals surface area contributed by atoms with Crippen molar-refractivity contribution in [3.63, 3.8) is 0 Å². The number of alkyl carbamates (subject to hydrolysis) is 1. The lowest BCUT2D eigenvalue weighted by molar-refractivity contribution is 0.0529. The summed E-state index contributed by atoms with van der Waals surface area (Å²) in [4.78, 5) is 11.6. The van der Waals surface area contributed by atoms with E-state index in [0.29, 0.717) is 7.57 Å². The van der Waals surface area contributed by atoms with Gasteiger partial charge in [0, 0.05) is 13.1 Å².